The fourth-order valence-corrected chi connectivity index (χ4v) is 2.25. The van der Waals surface area contributed by atoms with E-state index >= 15 is 0 Å². The first-order valence-corrected chi connectivity index (χ1v) is 8.42. The summed E-state index contributed by atoms with van der Waals surface area (Å²) < 4.78 is 45.3. The lowest BCUT2D eigenvalue weighted by Gasteiger charge is -2.11. The molecule has 0 aliphatic carbocycles. The van der Waals surface area contributed by atoms with Gasteiger partial charge in [-0.3, -0.25) is 0 Å². The van der Waals surface area contributed by atoms with Crippen molar-refractivity contribution in [1.29, 1.82) is 0 Å². The maximum Gasteiger partial charge on any atom is 0.339 e. The van der Waals surface area contributed by atoms with E-state index < -0.39 is 46.6 Å². The molecule has 3 rings (SSSR count). The maximum atomic E-state index is 13.6. The lowest BCUT2D eigenvalue weighted by molar-refractivity contribution is 0.0684. The Kier molecular flexibility index (Phi) is 7.00. The highest BCUT2D eigenvalue weighted by atomic mass is 19.2. The van der Waals surface area contributed by atoms with Gasteiger partial charge in [0.05, 0.1) is 11.3 Å². The molecule has 32 heavy (non-hydrogen) atoms. The average Bonchev–Trinajstić information content (AvgIpc) is 2.76. The lowest BCUT2D eigenvalue weighted by atomic mass is 10.2. The fourth-order valence-electron chi connectivity index (χ4n) is 2.25. The van der Waals surface area contributed by atoms with Crippen molar-refractivity contribution in [3.8, 4) is 23.0 Å². The second-order valence-corrected chi connectivity index (χ2v) is 6.01. The highest BCUT2D eigenvalue weighted by Crippen LogP contribution is 2.39. The number of phenolic OH excluding ortho intramolecular Hbond substituents is 1. The molecular formula is C20H15F3N2O7. The van der Waals surface area contributed by atoms with Gasteiger partial charge in [-0.05, 0) is 36.4 Å². The van der Waals surface area contributed by atoms with Gasteiger partial charge in [0.1, 0.15) is 17.0 Å². The van der Waals surface area contributed by atoms with Crippen LogP contribution in [0.25, 0.3) is 0 Å². The van der Waals surface area contributed by atoms with Crippen molar-refractivity contribution in [1.82, 2.24) is 0 Å². The van der Waals surface area contributed by atoms with Gasteiger partial charge in [-0.2, -0.15) is 8.78 Å². The molecule has 3 aromatic carbocycles. The van der Waals surface area contributed by atoms with Crippen LogP contribution in [-0.4, -0.2) is 32.4 Å². The van der Waals surface area contributed by atoms with Crippen LogP contribution in [-0.2, 0) is 0 Å². The summed E-state index contributed by atoms with van der Waals surface area (Å²) in [5.41, 5.74) is 8.97. The Morgan fingerprint density at radius 1 is 0.781 bits per heavy atom. The third-order valence-corrected chi connectivity index (χ3v) is 3.91. The normalized spacial score (nSPS) is 10.1. The van der Waals surface area contributed by atoms with Gasteiger partial charge < -0.3 is 36.6 Å². The zero-order chi connectivity index (χ0) is 24.2. The number of aromatic hydroxyl groups is 2. The van der Waals surface area contributed by atoms with Crippen LogP contribution in [0.2, 0.25) is 0 Å². The first kappa shape index (κ1) is 23.7. The number of carboxylic acids is 2. The van der Waals surface area contributed by atoms with Crippen molar-refractivity contribution in [2.75, 3.05) is 11.5 Å². The molecule has 0 radical (unpaired) electrons. The van der Waals surface area contributed by atoms with E-state index in [4.69, 9.17) is 31.5 Å². The number of aromatic carboxylic acids is 2. The number of hydrogen-bond acceptors (Lipinski definition) is 7. The number of ether oxygens (including phenoxy) is 1. The summed E-state index contributed by atoms with van der Waals surface area (Å²) >= 11 is 0. The average molecular weight is 452 g/mol. The smallest absolute Gasteiger partial charge is 0.339 e. The first-order chi connectivity index (χ1) is 15.0. The Hall–Kier alpha value is -4.61. The van der Waals surface area contributed by atoms with Crippen LogP contribution in [0.3, 0.4) is 0 Å². The number of halogens is 3. The molecule has 3 aromatic rings. The van der Waals surface area contributed by atoms with Gasteiger partial charge in [-0.25, -0.2) is 14.0 Å². The van der Waals surface area contributed by atoms with E-state index in [0.29, 0.717) is 0 Å². The van der Waals surface area contributed by atoms with E-state index in [1.165, 1.54) is 18.2 Å². The van der Waals surface area contributed by atoms with Crippen molar-refractivity contribution in [3.63, 3.8) is 0 Å². The molecule has 0 unspecified atom stereocenters. The van der Waals surface area contributed by atoms with Gasteiger partial charge in [0, 0.05) is 0 Å². The van der Waals surface area contributed by atoms with Crippen LogP contribution in [0.1, 0.15) is 20.7 Å². The maximum absolute atomic E-state index is 13.6. The van der Waals surface area contributed by atoms with Gasteiger partial charge in [-0.15, -0.1) is 0 Å². The van der Waals surface area contributed by atoms with Crippen LogP contribution in [0.4, 0.5) is 24.5 Å². The predicted molar refractivity (Wildman–Crippen MR) is 105 cm³/mol. The largest absolute Gasteiger partial charge is 0.505 e. The molecule has 0 heterocycles. The van der Waals surface area contributed by atoms with E-state index in [1.54, 1.807) is 0 Å². The number of carbonyl (C=O) groups is 2. The van der Waals surface area contributed by atoms with Crippen LogP contribution in [0, 0.1) is 17.5 Å². The molecule has 168 valence electrons. The summed E-state index contributed by atoms with van der Waals surface area (Å²) in [7, 11) is 0. The van der Waals surface area contributed by atoms with Crippen molar-refractivity contribution in [3.05, 3.63) is 71.0 Å². The Labute approximate surface area is 177 Å². The number of hydrogen-bond donors (Lipinski definition) is 6. The van der Waals surface area contributed by atoms with Crippen molar-refractivity contribution >= 4 is 23.3 Å². The van der Waals surface area contributed by atoms with Crippen LogP contribution < -0.4 is 16.2 Å². The number of benzene rings is 3. The third kappa shape index (κ3) is 4.92. The zero-order valence-electron chi connectivity index (χ0n) is 15.8. The molecule has 0 bridgehead atoms. The molecule has 0 atom stereocenters. The molecule has 0 aliphatic heterocycles. The highest BCUT2D eigenvalue weighted by Gasteiger charge is 2.25. The van der Waals surface area contributed by atoms with Crippen LogP contribution in [0.15, 0.2) is 42.5 Å². The molecule has 0 saturated heterocycles. The molecule has 0 fully saturated rings. The standard InChI is InChI=1S/C13H8F3NO4.C7H7NO3/c14-7-8(15)12(9(16)11(18)10(7)17)21-6-3-1-5(2-4-6)13(19)20;8-5-3-1-2-4(6(5)9)7(10)11/h1-4,18H,17H2,(H,19,20);1-3,9H,8H2,(H,10,11). The molecule has 9 nitrogen and oxygen atoms in total. The Bertz CT molecular complexity index is 1160. The molecule has 0 aromatic heterocycles. The molecule has 0 spiro atoms. The van der Waals surface area contributed by atoms with Crippen LogP contribution >= 0.6 is 0 Å². The quantitative estimate of drug-likeness (QED) is 0.196. The Morgan fingerprint density at radius 2 is 1.38 bits per heavy atom. The van der Waals surface area contributed by atoms with Gasteiger partial charge in [0.25, 0.3) is 0 Å². The topological polar surface area (TPSA) is 176 Å². The summed E-state index contributed by atoms with van der Waals surface area (Å²) in [5, 5.41) is 35.5. The molecule has 8 N–H and O–H groups in total. The number of para-hydroxylation sites is 1. The van der Waals surface area contributed by atoms with E-state index in [2.05, 4.69) is 0 Å². The minimum Gasteiger partial charge on any atom is -0.505 e. The summed E-state index contributed by atoms with van der Waals surface area (Å²) in [5.74, 6) is -10.3. The SMILES string of the molecule is Nc1c(O)c(F)c(Oc2ccc(C(=O)O)cc2)c(F)c1F.Nc1cccc(C(=O)O)c1O. The van der Waals surface area contributed by atoms with E-state index in [0.717, 1.165) is 24.3 Å². The lowest BCUT2D eigenvalue weighted by Crippen LogP contribution is -2.02. The second-order valence-electron chi connectivity index (χ2n) is 6.01. The van der Waals surface area contributed by atoms with Gasteiger partial charge >= 0.3 is 11.9 Å². The number of rotatable bonds is 4. The van der Waals surface area contributed by atoms with E-state index in [-0.39, 0.29) is 28.3 Å². The molecular weight excluding hydrogens is 437 g/mol. The Balaban J connectivity index is 0.000000278. The number of phenols is 2. The first-order valence-electron chi connectivity index (χ1n) is 8.42. The van der Waals surface area contributed by atoms with E-state index in [1.807, 2.05) is 0 Å². The molecule has 0 amide bonds. The monoisotopic (exact) mass is 452 g/mol. The van der Waals surface area contributed by atoms with Gasteiger partial charge in [0.2, 0.25) is 17.4 Å². The van der Waals surface area contributed by atoms with Gasteiger partial charge in [0.15, 0.2) is 17.3 Å². The molecule has 12 heteroatoms. The number of anilines is 2. The summed E-state index contributed by atoms with van der Waals surface area (Å²) in [6.07, 6.45) is 0. The van der Waals surface area contributed by atoms with Crippen molar-refractivity contribution in [2.24, 2.45) is 0 Å². The minimum absolute atomic E-state index is 0.0740. The summed E-state index contributed by atoms with van der Waals surface area (Å²) in [6, 6.07) is 8.68. The van der Waals surface area contributed by atoms with Gasteiger partial charge in [-0.1, -0.05) is 6.07 Å². The number of nitrogens with two attached hydrogens (primary N) is 2. The van der Waals surface area contributed by atoms with Crippen molar-refractivity contribution < 1.29 is 47.9 Å². The van der Waals surface area contributed by atoms with Crippen molar-refractivity contribution in [2.45, 2.75) is 0 Å². The summed E-state index contributed by atoms with van der Waals surface area (Å²) in [4.78, 5) is 21.0. The predicted octanol–water partition coefficient (Wildman–Crippen LogP) is 3.55. The Morgan fingerprint density at radius 3 is 1.88 bits per heavy atom. The fraction of sp³-hybridized carbons (Fsp3) is 0. The summed E-state index contributed by atoms with van der Waals surface area (Å²) in [6.45, 7) is 0. The number of carboxylic acid groups (broad SMARTS) is 2. The third-order valence-electron chi connectivity index (χ3n) is 3.91. The van der Waals surface area contributed by atoms with Crippen LogP contribution in [0.5, 0.6) is 23.0 Å². The molecule has 0 saturated carbocycles. The zero-order valence-corrected chi connectivity index (χ0v) is 15.8. The number of nitrogen functional groups attached to an aromatic ring is 2. The minimum atomic E-state index is -1.70. The van der Waals surface area contributed by atoms with E-state index in [9.17, 15) is 27.9 Å². The highest BCUT2D eigenvalue weighted by molar-refractivity contribution is 5.92. The molecule has 0 aliphatic rings. The second kappa shape index (κ2) is 9.47.